The number of amides is 1. The Labute approximate surface area is 118 Å². The van der Waals surface area contributed by atoms with Gasteiger partial charge in [-0.3, -0.25) is 9.59 Å². The molecule has 1 aromatic rings. The molecule has 1 aliphatic rings. The first-order chi connectivity index (χ1) is 9.66. The van der Waals surface area contributed by atoms with Gasteiger partial charge in [-0.25, -0.2) is 4.98 Å². The lowest BCUT2D eigenvalue weighted by molar-refractivity contribution is -0.137. The summed E-state index contributed by atoms with van der Waals surface area (Å²) in [4.78, 5) is 28.8. The number of aliphatic carboxylic acids is 1. The number of likely N-dealkylation sites (tertiary alicyclic amines) is 1. The van der Waals surface area contributed by atoms with Gasteiger partial charge < -0.3 is 14.6 Å². The third kappa shape index (κ3) is 4.08. The summed E-state index contributed by atoms with van der Waals surface area (Å²) in [5.74, 6) is 0.142. The van der Waals surface area contributed by atoms with Crippen molar-refractivity contribution in [1.82, 2.24) is 14.5 Å². The van der Waals surface area contributed by atoms with Gasteiger partial charge in [0.15, 0.2) is 0 Å². The molecule has 6 nitrogen and oxygen atoms in total. The van der Waals surface area contributed by atoms with Crippen molar-refractivity contribution in [2.24, 2.45) is 0 Å². The largest absolute Gasteiger partial charge is 0.481 e. The average Bonchev–Trinajstić information content (AvgIpc) is 2.91. The van der Waals surface area contributed by atoms with Crippen molar-refractivity contribution < 1.29 is 14.7 Å². The highest BCUT2D eigenvalue weighted by Crippen LogP contribution is 2.11. The van der Waals surface area contributed by atoms with E-state index in [1.54, 1.807) is 12.4 Å². The quantitative estimate of drug-likeness (QED) is 0.851. The molecule has 1 amide bonds. The number of aryl methyl sites for hydroxylation is 2. The third-order valence-corrected chi connectivity index (χ3v) is 3.64. The second kappa shape index (κ2) is 7.07. The maximum absolute atomic E-state index is 12.1. The van der Waals surface area contributed by atoms with Crippen molar-refractivity contribution in [2.75, 3.05) is 13.1 Å². The molecular weight excluding hydrogens is 258 g/mol. The lowest BCUT2D eigenvalue weighted by atomic mass is 10.1. The van der Waals surface area contributed by atoms with Crippen molar-refractivity contribution >= 4 is 11.9 Å². The monoisotopic (exact) mass is 279 g/mol. The number of carboxylic acid groups (broad SMARTS) is 1. The standard InChI is InChI=1S/C14H21N3O3/c18-13(17-8-2-1-3-9-17)5-4-12-15-7-11-16(12)10-6-14(19)20/h7,11H,1-6,8-10H2,(H,19,20). The van der Waals surface area contributed by atoms with E-state index in [-0.39, 0.29) is 12.3 Å². The fourth-order valence-electron chi connectivity index (χ4n) is 2.51. The van der Waals surface area contributed by atoms with Gasteiger partial charge in [0.2, 0.25) is 5.91 Å². The number of carbonyl (C=O) groups is 2. The Bertz CT molecular complexity index is 464. The van der Waals surface area contributed by atoms with Crippen LogP contribution >= 0.6 is 0 Å². The van der Waals surface area contributed by atoms with E-state index in [0.29, 0.717) is 19.4 Å². The molecular formula is C14H21N3O3. The fraction of sp³-hybridized carbons (Fsp3) is 0.643. The number of hydrogen-bond donors (Lipinski definition) is 1. The van der Waals surface area contributed by atoms with Crippen LogP contribution in [0.4, 0.5) is 0 Å². The molecule has 0 saturated carbocycles. The van der Waals surface area contributed by atoms with Crippen LogP contribution in [0, 0.1) is 0 Å². The van der Waals surface area contributed by atoms with Gasteiger partial charge in [0.05, 0.1) is 6.42 Å². The SMILES string of the molecule is O=C(O)CCn1ccnc1CCC(=O)N1CCCCC1. The van der Waals surface area contributed by atoms with Gasteiger partial charge in [0.1, 0.15) is 5.82 Å². The van der Waals surface area contributed by atoms with Gasteiger partial charge in [-0.1, -0.05) is 0 Å². The summed E-state index contributed by atoms with van der Waals surface area (Å²) in [5.41, 5.74) is 0. The molecule has 2 heterocycles. The zero-order valence-corrected chi connectivity index (χ0v) is 11.6. The molecule has 0 bridgehead atoms. The summed E-state index contributed by atoms with van der Waals surface area (Å²) in [6, 6.07) is 0. The molecule has 0 aromatic carbocycles. The van der Waals surface area contributed by atoms with Gasteiger partial charge in [0, 0.05) is 44.9 Å². The highest BCUT2D eigenvalue weighted by Gasteiger charge is 2.17. The topological polar surface area (TPSA) is 75.4 Å². The first-order valence-electron chi connectivity index (χ1n) is 7.16. The third-order valence-electron chi connectivity index (χ3n) is 3.64. The molecule has 0 atom stereocenters. The normalized spacial score (nSPS) is 15.3. The average molecular weight is 279 g/mol. The molecule has 0 unspecified atom stereocenters. The maximum atomic E-state index is 12.1. The summed E-state index contributed by atoms with van der Waals surface area (Å²) in [6.07, 6.45) is 7.92. The Morgan fingerprint density at radius 3 is 2.65 bits per heavy atom. The van der Waals surface area contributed by atoms with Gasteiger partial charge in [0.25, 0.3) is 0 Å². The lowest BCUT2D eigenvalue weighted by Crippen LogP contribution is -2.35. The van der Waals surface area contributed by atoms with E-state index in [2.05, 4.69) is 4.98 Å². The van der Waals surface area contributed by atoms with Gasteiger partial charge in [-0.2, -0.15) is 0 Å². The van der Waals surface area contributed by atoms with Crippen LogP contribution in [-0.2, 0) is 22.6 Å². The van der Waals surface area contributed by atoms with Crippen molar-refractivity contribution in [3.63, 3.8) is 0 Å². The molecule has 1 aromatic heterocycles. The number of carboxylic acids is 1. The van der Waals surface area contributed by atoms with Gasteiger partial charge in [-0.15, -0.1) is 0 Å². The second-order valence-corrected chi connectivity index (χ2v) is 5.12. The van der Waals surface area contributed by atoms with Crippen LogP contribution in [0.15, 0.2) is 12.4 Å². The molecule has 1 aliphatic heterocycles. The smallest absolute Gasteiger partial charge is 0.305 e. The minimum absolute atomic E-state index is 0.0728. The Kier molecular flexibility index (Phi) is 5.15. The number of imidazole rings is 1. The number of hydrogen-bond acceptors (Lipinski definition) is 3. The van der Waals surface area contributed by atoms with E-state index < -0.39 is 5.97 Å². The van der Waals surface area contributed by atoms with E-state index in [1.807, 2.05) is 9.47 Å². The zero-order chi connectivity index (χ0) is 14.4. The van der Waals surface area contributed by atoms with Gasteiger partial charge in [-0.05, 0) is 19.3 Å². The lowest BCUT2D eigenvalue weighted by Gasteiger charge is -2.26. The summed E-state index contributed by atoms with van der Waals surface area (Å²) >= 11 is 0. The molecule has 0 aliphatic carbocycles. The number of aromatic nitrogens is 2. The summed E-state index contributed by atoms with van der Waals surface area (Å²) in [5, 5.41) is 8.70. The van der Waals surface area contributed by atoms with Crippen molar-refractivity contribution in [3.8, 4) is 0 Å². The second-order valence-electron chi connectivity index (χ2n) is 5.12. The summed E-state index contributed by atoms with van der Waals surface area (Å²) in [6.45, 7) is 2.14. The van der Waals surface area contributed by atoms with Crippen LogP contribution in [0.1, 0.15) is 37.9 Å². The van der Waals surface area contributed by atoms with Crippen molar-refractivity contribution in [2.45, 2.75) is 45.1 Å². The molecule has 1 N–H and O–H groups in total. The molecule has 20 heavy (non-hydrogen) atoms. The Morgan fingerprint density at radius 1 is 1.20 bits per heavy atom. The minimum atomic E-state index is -0.825. The van der Waals surface area contributed by atoms with E-state index in [0.717, 1.165) is 31.8 Å². The molecule has 1 fully saturated rings. The number of piperidine rings is 1. The molecule has 6 heteroatoms. The molecule has 0 radical (unpaired) electrons. The Morgan fingerprint density at radius 2 is 1.95 bits per heavy atom. The van der Waals surface area contributed by atoms with Crippen LogP contribution in [0.3, 0.4) is 0 Å². The van der Waals surface area contributed by atoms with Crippen LogP contribution in [0.25, 0.3) is 0 Å². The number of carbonyl (C=O) groups excluding carboxylic acids is 1. The first kappa shape index (κ1) is 14.6. The highest BCUT2D eigenvalue weighted by atomic mass is 16.4. The van der Waals surface area contributed by atoms with E-state index in [4.69, 9.17) is 5.11 Å². The summed E-state index contributed by atoms with van der Waals surface area (Å²) in [7, 11) is 0. The predicted octanol–water partition coefficient (Wildman–Crippen LogP) is 1.30. The van der Waals surface area contributed by atoms with Crippen LogP contribution in [0.5, 0.6) is 0 Å². The molecule has 2 rings (SSSR count). The van der Waals surface area contributed by atoms with E-state index in [1.165, 1.54) is 6.42 Å². The predicted molar refractivity (Wildman–Crippen MR) is 73.2 cm³/mol. The van der Waals surface area contributed by atoms with Crippen LogP contribution in [0.2, 0.25) is 0 Å². The van der Waals surface area contributed by atoms with Crippen molar-refractivity contribution in [3.05, 3.63) is 18.2 Å². The van der Waals surface area contributed by atoms with Gasteiger partial charge >= 0.3 is 5.97 Å². The highest BCUT2D eigenvalue weighted by molar-refractivity contribution is 5.76. The summed E-state index contributed by atoms with van der Waals surface area (Å²) < 4.78 is 1.82. The van der Waals surface area contributed by atoms with Crippen LogP contribution in [-0.4, -0.2) is 44.5 Å². The zero-order valence-electron chi connectivity index (χ0n) is 11.6. The molecule has 0 spiro atoms. The number of rotatable bonds is 6. The minimum Gasteiger partial charge on any atom is -0.481 e. The Hall–Kier alpha value is -1.85. The fourth-order valence-corrected chi connectivity index (χ4v) is 2.51. The van der Waals surface area contributed by atoms with Crippen LogP contribution < -0.4 is 0 Å². The maximum Gasteiger partial charge on any atom is 0.305 e. The first-order valence-corrected chi connectivity index (χ1v) is 7.16. The molecule has 110 valence electrons. The number of nitrogens with zero attached hydrogens (tertiary/aromatic N) is 3. The molecule has 1 saturated heterocycles. The van der Waals surface area contributed by atoms with E-state index >= 15 is 0 Å². The van der Waals surface area contributed by atoms with Crippen molar-refractivity contribution in [1.29, 1.82) is 0 Å². The van der Waals surface area contributed by atoms with E-state index in [9.17, 15) is 9.59 Å². The Balaban J connectivity index is 1.82.